The lowest BCUT2D eigenvalue weighted by molar-refractivity contribution is -0.168. The molecule has 1 amide bonds. The van der Waals surface area contributed by atoms with Gasteiger partial charge in [-0.15, -0.1) is 0 Å². The van der Waals surface area contributed by atoms with Crippen molar-refractivity contribution >= 4 is 23.6 Å². The molecule has 1 aromatic rings. The maximum atomic E-state index is 12.6. The summed E-state index contributed by atoms with van der Waals surface area (Å²) in [5, 5.41) is 0.413. The Kier molecular flexibility index (Phi) is 5.51. The molecule has 0 saturated carbocycles. The predicted molar refractivity (Wildman–Crippen MR) is 88.7 cm³/mol. The van der Waals surface area contributed by atoms with Gasteiger partial charge < -0.3 is 9.64 Å². The van der Waals surface area contributed by atoms with E-state index in [-0.39, 0.29) is 5.91 Å². The third-order valence-electron chi connectivity index (χ3n) is 3.71. The van der Waals surface area contributed by atoms with Crippen molar-refractivity contribution in [2.24, 2.45) is 0 Å². The van der Waals surface area contributed by atoms with Crippen LogP contribution in [0.25, 0.3) is 0 Å². The van der Waals surface area contributed by atoms with Crippen LogP contribution in [-0.2, 0) is 14.3 Å². The number of hydrogen-bond acceptors (Lipinski definition) is 4. The third-order valence-corrected chi connectivity index (χ3v) is 5.04. The summed E-state index contributed by atoms with van der Waals surface area (Å²) in [5.41, 5.74) is 0.212. The van der Waals surface area contributed by atoms with E-state index < -0.39 is 11.6 Å². The maximum absolute atomic E-state index is 12.6. The largest absolute Gasteiger partial charge is 0.450 e. The Labute approximate surface area is 136 Å². The van der Waals surface area contributed by atoms with Crippen LogP contribution in [0.15, 0.2) is 30.3 Å². The molecule has 0 bridgehead atoms. The normalized spacial score (nSPS) is 19.4. The van der Waals surface area contributed by atoms with Crippen LogP contribution in [0.4, 0.5) is 0 Å². The van der Waals surface area contributed by atoms with Crippen LogP contribution in [0.3, 0.4) is 0 Å². The van der Waals surface area contributed by atoms with Gasteiger partial charge in [0, 0.05) is 31.0 Å². The zero-order chi connectivity index (χ0) is 16.2. The molecule has 1 saturated heterocycles. The molecule has 0 N–H and O–H groups in total. The van der Waals surface area contributed by atoms with Crippen molar-refractivity contribution in [2.45, 2.75) is 38.0 Å². The van der Waals surface area contributed by atoms with E-state index in [0.29, 0.717) is 18.3 Å². The van der Waals surface area contributed by atoms with E-state index in [4.69, 9.17) is 4.74 Å². The summed E-state index contributed by atoms with van der Waals surface area (Å²) in [4.78, 5) is 25.6. The zero-order valence-electron chi connectivity index (χ0n) is 13.4. The minimum absolute atomic E-state index is 0.114. The quantitative estimate of drug-likeness (QED) is 0.803. The first-order valence-electron chi connectivity index (χ1n) is 7.55. The molecule has 0 radical (unpaired) electrons. The maximum Gasteiger partial charge on any atom is 0.303 e. The highest BCUT2D eigenvalue weighted by molar-refractivity contribution is 7.99. The molecular weight excluding hydrogens is 298 g/mol. The first-order chi connectivity index (χ1) is 10.4. The van der Waals surface area contributed by atoms with Gasteiger partial charge >= 0.3 is 5.97 Å². The van der Waals surface area contributed by atoms with Crippen LogP contribution in [0.5, 0.6) is 0 Å². The van der Waals surface area contributed by atoms with Gasteiger partial charge in [0.2, 0.25) is 0 Å². The van der Waals surface area contributed by atoms with Gasteiger partial charge in [0.15, 0.2) is 5.60 Å². The SMILES string of the molecule is CC(=O)OC(C)(C)C(=O)N1CCS[C@@H](c2ccccc2)CC1. The molecule has 1 fully saturated rings. The lowest BCUT2D eigenvalue weighted by Crippen LogP contribution is -2.48. The van der Waals surface area contributed by atoms with Gasteiger partial charge in [-0.1, -0.05) is 30.3 Å². The Hall–Kier alpha value is -1.49. The van der Waals surface area contributed by atoms with Crippen molar-refractivity contribution < 1.29 is 14.3 Å². The van der Waals surface area contributed by atoms with Crippen molar-refractivity contribution in [1.82, 2.24) is 4.90 Å². The van der Waals surface area contributed by atoms with Crippen LogP contribution in [0.2, 0.25) is 0 Å². The number of carbonyl (C=O) groups excluding carboxylic acids is 2. The second kappa shape index (κ2) is 7.18. The van der Waals surface area contributed by atoms with Crippen LogP contribution in [-0.4, -0.2) is 41.2 Å². The topological polar surface area (TPSA) is 46.6 Å². The fourth-order valence-corrected chi connectivity index (χ4v) is 3.92. The van der Waals surface area contributed by atoms with Gasteiger partial charge in [-0.3, -0.25) is 9.59 Å². The summed E-state index contributed by atoms with van der Waals surface area (Å²) in [6, 6.07) is 10.4. The third kappa shape index (κ3) is 4.26. The first kappa shape index (κ1) is 16.9. The molecule has 1 aromatic carbocycles. The average Bonchev–Trinajstić information content (AvgIpc) is 2.72. The molecule has 0 spiro atoms. The van der Waals surface area contributed by atoms with E-state index in [1.54, 1.807) is 13.8 Å². The van der Waals surface area contributed by atoms with Crippen molar-refractivity contribution in [1.29, 1.82) is 0 Å². The number of hydrogen-bond donors (Lipinski definition) is 0. The fraction of sp³-hybridized carbons (Fsp3) is 0.529. The molecule has 1 heterocycles. The number of nitrogens with zero attached hydrogens (tertiary/aromatic N) is 1. The van der Waals surface area contributed by atoms with Crippen LogP contribution in [0, 0.1) is 0 Å². The Morgan fingerprint density at radius 1 is 1.23 bits per heavy atom. The number of amides is 1. The van der Waals surface area contributed by atoms with Crippen LogP contribution >= 0.6 is 11.8 Å². The minimum Gasteiger partial charge on any atom is -0.450 e. The summed E-state index contributed by atoms with van der Waals surface area (Å²) in [6.45, 7) is 6.03. The molecule has 1 atom stereocenters. The Morgan fingerprint density at radius 2 is 1.91 bits per heavy atom. The van der Waals surface area contributed by atoms with Crippen molar-refractivity contribution in [3.63, 3.8) is 0 Å². The van der Waals surface area contributed by atoms with E-state index in [9.17, 15) is 9.59 Å². The van der Waals surface area contributed by atoms with E-state index in [1.807, 2.05) is 34.9 Å². The molecule has 0 aliphatic carbocycles. The zero-order valence-corrected chi connectivity index (χ0v) is 14.2. The van der Waals surface area contributed by atoms with Crippen molar-refractivity contribution in [2.75, 3.05) is 18.8 Å². The summed E-state index contributed by atoms with van der Waals surface area (Å²) in [7, 11) is 0. The lowest BCUT2D eigenvalue weighted by Gasteiger charge is -2.30. The lowest BCUT2D eigenvalue weighted by atomic mass is 10.1. The van der Waals surface area contributed by atoms with Gasteiger partial charge in [-0.25, -0.2) is 0 Å². The van der Waals surface area contributed by atoms with Gasteiger partial charge in [0.1, 0.15) is 0 Å². The van der Waals surface area contributed by atoms with E-state index in [1.165, 1.54) is 12.5 Å². The minimum atomic E-state index is -1.09. The summed E-state index contributed by atoms with van der Waals surface area (Å²) < 4.78 is 5.17. The molecule has 4 nitrogen and oxygen atoms in total. The smallest absolute Gasteiger partial charge is 0.303 e. The van der Waals surface area contributed by atoms with Gasteiger partial charge in [0.25, 0.3) is 5.91 Å². The molecule has 1 aliphatic heterocycles. The van der Waals surface area contributed by atoms with Crippen LogP contribution in [0.1, 0.15) is 38.0 Å². The highest BCUT2D eigenvalue weighted by atomic mass is 32.2. The number of thioether (sulfide) groups is 1. The highest BCUT2D eigenvalue weighted by Crippen LogP contribution is 2.34. The van der Waals surface area contributed by atoms with E-state index in [2.05, 4.69) is 12.1 Å². The molecule has 0 unspecified atom stereocenters. The highest BCUT2D eigenvalue weighted by Gasteiger charge is 2.36. The van der Waals surface area contributed by atoms with E-state index in [0.717, 1.165) is 12.2 Å². The molecule has 2 rings (SSSR count). The number of rotatable bonds is 3. The fourth-order valence-electron chi connectivity index (χ4n) is 2.69. The number of esters is 1. The molecule has 5 heteroatoms. The van der Waals surface area contributed by atoms with Crippen molar-refractivity contribution in [3.8, 4) is 0 Å². The average molecular weight is 321 g/mol. The van der Waals surface area contributed by atoms with Crippen LogP contribution < -0.4 is 0 Å². The second-order valence-electron chi connectivity index (χ2n) is 5.95. The molecule has 22 heavy (non-hydrogen) atoms. The standard InChI is InChI=1S/C17H23NO3S/c1-13(19)21-17(2,3)16(20)18-10-9-15(22-12-11-18)14-7-5-4-6-8-14/h4-8,15H,9-12H2,1-3H3/t15-/m1/s1. The molecule has 1 aliphatic rings. The predicted octanol–water partition coefficient (Wildman–Crippen LogP) is 3.03. The second-order valence-corrected chi connectivity index (χ2v) is 7.27. The molecular formula is C17H23NO3S. The van der Waals surface area contributed by atoms with Gasteiger partial charge in [-0.05, 0) is 25.8 Å². The Balaban J connectivity index is 2.01. The van der Waals surface area contributed by atoms with E-state index >= 15 is 0 Å². The molecule has 0 aromatic heterocycles. The summed E-state index contributed by atoms with van der Waals surface area (Å²) >= 11 is 1.88. The number of carbonyl (C=O) groups is 2. The Bertz CT molecular complexity index is 530. The van der Waals surface area contributed by atoms with Gasteiger partial charge in [-0.2, -0.15) is 11.8 Å². The summed E-state index contributed by atoms with van der Waals surface area (Å²) in [5.74, 6) is 0.350. The number of ether oxygens (including phenoxy) is 1. The van der Waals surface area contributed by atoms with Gasteiger partial charge in [0.05, 0.1) is 0 Å². The van der Waals surface area contributed by atoms with Crippen molar-refractivity contribution in [3.05, 3.63) is 35.9 Å². The first-order valence-corrected chi connectivity index (χ1v) is 8.60. The molecule has 120 valence electrons. The number of benzene rings is 1. The monoisotopic (exact) mass is 321 g/mol. The Morgan fingerprint density at radius 3 is 2.55 bits per heavy atom. The summed E-state index contributed by atoms with van der Waals surface area (Å²) in [6.07, 6.45) is 0.913.